The zero-order valence-electron chi connectivity index (χ0n) is 12.6. The van der Waals surface area contributed by atoms with Crippen LogP contribution in [0.2, 0.25) is 0 Å². The zero-order chi connectivity index (χ0) is 16.3. The summed E-state index contributed by atoms with van der Waals surface area (Å²) >= 11 is 2.06. The minimum Gasteiger partial charge on any atom is -0.496 e. The summed E-state index contributed by atoms with van der Waals surface area (Å²) in [6.07, 6.45) is 0. The van der Waals surface area contributed by atoms with E-state index in [0.29, 0.717) is 11.4 Å². The second-order valence-electron chi connectivity index (χ2n) is 5.14. The Morgan fingerprint density at radius 1 is 1.14 bits per heavy atom. The summed E-state index contributed by atoms with van der Waals surface area (Å²) in [6, 6.07) is 12.2. The molecule has 0 aliphatic rings. The van der Waals surface area contributed by atoms with Gasteiger partial charge in [-0.15, -0.1) is 0 Å². The second-order valence-corrected chi connectivity index (χ2v) is 7.99. The van der Waals surface area contributed by atoms with Crippen LogP contribution in [0.4, 0.5) is 5.69 Å². The van der Waals surface area contributed by atoms with Gasteiger partial charge in [0.2, 0.25) is 0 Å². The van der Waals surface area contributed by atoms with Gasteiger partial charge in [-0.25, -0.2) is 8.42 Å². The third kappa shape index (κ3) is 3.73. The molecule has 22 heavy (non-hydrogen) atoms. The molecule has 0 saturated carbocycles. The van der Waals surface area contributed by atoms with E-state index in [1.165, 1.54) is 0 Å². The molecule has 0 spiro atoms. The number of hydrogen-bond donors (Lipinski definition) is 1. The van der Waals surface area contributed by atoms with Crippen molar-refractivity contribution in [2.24, 2.45) is 0 Å². The molecular weight excluding hydrogens is 413 g/mol. The highest BCUT2D eigenvalue weighted by Gasteiger charge is 2.18. The van der Waals surface area contributed by atoms with Crippen LogP contribution >= 0.6 is 22.6 Å². The van der Waals surface area contributed by atoms with Gasteiger partial charge in [-0.1, -0.05) is 32.0 Å². The van der Waals surface area contributed by atoms with Gasteiger partial charge in [-0.2, -0.15) is 0 Å². The smallest absolute Gasteiger partial charge is 0.261 e. The van der Waals surface area contributed by atoms with Crippen molar-refractivity contribution >= 4 is 38.3 Å². The Morgan fingerprint density at radius 2 is 1.82 bits per heavy atom. The topological polar surface area (TPSA) is 55.4 Å². The first kappa shape index (κ1) is 17.1. The fourth-order valence-electron chi connectivity index (χ4n) is 2.11. The summed E-state index contributed by atoms with van der Waals surface area (Å²) in [6.45, 7) is 4.06. The van der Waals surface area contributed by atoms with Crippen molar-refractivity contribution in [3.05, 3.63) is 51.6 Å². The Balaban J connectivity index is 2.38. The molecule has 0 fully saturated rings. The molecule has 0 aliphatic heterocycles. The molecule has 0 bridgehead atoms. The van der Waals surface area contributed by atoms with Gasteiger partial charge in [0, 0.05) is 0 Å². The molecule has 2 aromatic rings. The Labute approximate surface area is 145 Å². The van der Waals surface area contributed by atoms with E-state index in [4.69, 9.17) is 4.74 Å². The van der Waals surface area contributed by atoms with Crippen LogP contribution in [0, 0.1) is 3.57 Å². The van der Waals surface area contributed by atoms with E-state index < -0.39 is 10.0 Å². The largest absolute Gasteiger partial charge is 0.496 e. The lowest BCUT2D eigenvalue weighted by molar-refractivity contribution is 0.411. The maximum atomic E-state index is 12.6. The number of anilines is 1. The number of para-hydroxylation sites is 1. The van der Waals surface area contributed by atoms with Crippen LogP contribution in [0.1, 0.15) is 25.3 Å². The third-order valence-corrected chi connectivity index (χ3v) is 5.47. The Kier molecular flexibility index (Phi) is 5.33. The molecule has 118 valence electrons. The number of benzene rings is 2. The first-order valence-corrected chi connectivity index (χ1v) is 9.36. The Hall–Kier alpha value is -1.28. The summed E-state index contributed by atoms with van der Waals surface area (Å²) in [5.74, 6) is 0.886. The molecule has 0 unspecified atom stereocenters. The lowest BCUT2D eigenvalue weighted by Crippen LogP contribution is -2.14. The maximum Gasteiger partial charge on any atom is 0.261 e. The van der Waals surface area contributed by atoms with Crippen molar-refractivity contribution in [3.63, 3.8) is 0 Å². The van der Waals surface area contributed by atoms with Gasteiger partial charge in [0.05, 0.1) is 21.3 Å². The van der Waals surface area contributed by atoms with Crippen molar-refractivity contribution in [3.8, 4) is 5.75 Å². The number of rotatable bonds is 5. The molecule has 0 aromatic heterocycles. The first-order valence-electron chi connectivity index (χ1n) is 6.80. The van der Waals surface area contributed by atoms with Gasteiger partial charge < -0.3 is 4.74 Å². The molecule has 2 aromatic carbocycles. The van der Waals surface area contributed by atoms with E-state index in [1.807, 2.05) is 32.0 Å². The standard InChI is InChI=1S/C16H18INO3S/c1-11(2)13-6-4-5-7-15(13)18-22(19,20)12-8-9-16(21-3)14(17)10-12/h4-11,18H,1-3H3. The van der Waals surface area contributed by atoms with Gasteiger partial charge in [0.15, 0.2) is 0 Å². The highest BCUT2D eigenvalue weighted by molar-refractivity contribution is 14.1. The highest BCUT2D eigenvalue weighted by atomic mass is 127. The van der Waals surface area contributed by atoms with Crippen LogP contribution in [-0.2, 0) is 10.0 Å². The van der Waals surface area contributed by atoms with E-state index in [0.717, 1.165) is 9.13 Å². The number of methoxy groups -OCH3 is 1. The average molecular weight is 431 g/mol. The van der Waals surface area contributed by atoms with E-state index in [9.17, 15) is 8.42 Å². The predicted octanol–water partition coefficient (Wildman–Crippen LogP) is 4.22. The predicted molar refractivity (Wildman–Crippen MR) is 97.1 cm³/mol. The van der Waals surface area contributed by atoms with Gasteiger partial charge in [-0.3, -0.25) is 4.72 Å². The van der Waals surface area contributed by atoms with Gasteiger partial charge in [0.25, 0.3) is 10.0 Å². The molecule has 0 amide bonds. The molecule has 4 nitrogen and oxygen atoms in total. The van der Waals surface area contributed by atoms with Crippen LogP contribution in [-0.4, -0.2) is 15.5 Å². The Bertz CT molecular complexity index is 773. The van der Waals surface area contributed by atoms with Crippen LogP contribution in [0.25, 0.3) is 0 Å². The van der Waals surface area contributed by atoms with Crippen LogP contribution < -0.4 is 9.46 Å². The quantitative estimate of drug-likeness (QED) is 0.722. The summed E-state index contributed by atoms with van der Waals surface area (Å²) < 4.78 is 33.7. The average Bonchev–Trinajstić information content (AvgIpc) is 2.47. The van der Waals surface area contributed by atoms with Gasteiger partial charge >= 0.3 is 0 Å². The van der Waals surface area contributed by atoms with Crippen molar-refractivity contribution in [1.29, 1.82) is 0 Å². The number of hydrogen-bond acceptors (Lipinski definition) is 3. The van der Waals surface area contributed by atoms with E-state index in [2.05, 4.69) is 27.3 Å². The van der Waals surface area contributed by atoms with Gasteiger partial charge in [0.1, 0.15) is 5.75 Å². The molecule has 6 heteroatoms. The monoisotopic (exact) mass is 431 g/mol. The lowest BCUT2D eigenvalue weighted by atomic mass is 10.0. The number of halogens is 1. The summed E-state index contributed by atoms with van der Waals surface area (Å²) in [7, 11) is -2.07. The molecule has 2 rings (SSSR count). The van der Waals surface area contributed by atoms with Gasteiger partial charge in [-0.05, 0) is 58.3 Å². The minimum atomic E-state index is -3.63. The third-order valence-electron chi connectivity index (χ3n) is 3.26. The molecule has 0 atom stereocenters. The van der Waals surface area contributed by atoms with Crippen molar-refractivity contribution in [2.75, 3.05) is 11.8 Å². The molecule has 1 N–H and O–H groups in total. The summed E-state index contributed by atoms with van der Waals surface area (Å²) in [5, 5.41) is 0. The number of nitrogens with one attached hydrogen (secondary N) is 1. The van der Waals surface area contributed by atoms with Crippen molar-refractivity contribution in [2.45, 2.75) is 24.7 Å². The van der Waals surface area contributed by atoms with E-state index >= 15 is 0 Å². The minimum absolute atomic E-state index is 0.219. The molecule has 0 heterocycles. The molecule has 0 saturated heterocycles. The number of sulfonamides is 1. The second kappa shape index (κ2) is 6.87. The summed E-state index contributed by atoms with van der Waals surface area (Å²) in [4.78, 5) is 0.219. The normalized spacial score (nSPS) is 11.5. The van der Waals surface area contributed by atoms with E-state index in [-0.39, 0.29) is 10.8 Å². The first-order chi connectivity index (χ1) is 10.3. The SMILES string of the molecule is COc1ccc(S(=O)(=O)Nc2ccccc2C(C)C)cc1I. The van der Waals surface area contributed by atoms with E-state index in [1.54, 1.807) is 31.4 Å². The van der Waals surface area contributed by atoms with Crippen LogP contribution in [0.15, 0.2) is 47.4 Å². The zero-order valence-corrected chi connectivity index (χ0v) is 15.6. The fraction of sp³-hybridized carbons (Fsp3) is 0.250. The van der Waals surface area contributed by atoms with Crippen molar-refractivity contribution in [1.82, 2.24) is 0 Å². The lowest BCUT2D eigenvalue weighted by Gasteiger charge is -2.15. The fourth-order valence-corrected chi connectivity index (χ4v) is 4.17. The Morgan fingerprint density at radius 3 is 2.41 bits per heavy atom. The maximum absolute atomic E-state index is 12.6. The van der Waals surface area contributed by atoms with Crippen LogP contribution in [0.5, 0.6) is 5.75 Å². The molecule has 0 radical (unpaired) electrons. The molecular formula is C16H18INO3S. The highest BCUT2D eigenvalue weighted by Crippen LogP contribution is 2.28. The summed E-state index contributed by atoms with van der Waals surface area (Å²) in [5.41, 5.74) is 1.58. The van der Waals surface area contributed by atoms with Crippen LogP contribution in [0.3, 0.4) is 0 Å². The molecule has 0 aliphatic carbocycles. The van der Waals surface area contributed by atoms with Crippen molar-refractivity contribution < 1.29 is 13.2 Å². The number of ether oxygens (including phenoxy) is 1.